The molecule has 0 fully saturated rings. The highest BCUT2D eigenvalue weighted by molar-refractivity contribution is 7.89. The Morgan fingerprint density at radius 2 is 2.00 bits per heavy atom. The smallest absolute Gasteiger partial charge is 0.207 e. The fourth-order valence-electron chi connectivity index (χ4n) is 1.48. The zero-order chi connectivity index (χ0) is 13.8. The van der Waals surface area contributed by atoms with Crippen LogP contribution in [0.2, 0.25) is 0 Å². The van der Waals surface area contributed by atoms with Crippen molar-refractivity contribution in [1.82, 2.24) is 4.31 Å². The lowest BCUT2D eigenvalue weighted by Crippen LogP contribution is -2.37. The van der Waals surface area contributed by atoms with E-state index >= 15 is 0 Å². The van der Waals surface area contributed by atoms with Gasteiger partial charge in [-0.2, -0.15) is 14.8 Å². The van der Waals surface area contributed by atoms with E-state index in [1.165, 1.54) is 24.3 Å². The summed E-state index contributed by atoms with van der Waals surface area (Å²) in [6.45, 7) is 3.18. The molecule has 94 valence electrons. The second-order valence-electron chi connectivity index (χ2n) is 3.94. The van der Waals surface area contributed by atoms with E-state index < -0.39 is 10.0 Å². The zero-order valence-electron chi connectivity index (χ0n) is 10.2. The highest BCUT2D eigenvalue weighted by atomic mass is 32.2. The first kappa shape index (κ1) is 14.2. The van der Waals surface area contributed by atoms with E-state index in [2.05, 4.69) is 0 Å². The minimum atomic E-state index is -3.74. The van der Waals surface area contributed by atoms with Crippen molar-refractivity contribution in [2.75, 3.05) is 6.54 Å². The molecule has 0 aliphatic heterocycles. The van der Waals surface area contributed by atoms with Crippen molar-refractivity contribution in [3.05, 3.63) is 29.8 Å². The third-order valence-electron chi connectivity index (χ3n) is 2.37. The van der Waals surface area contributed by atoms with Crippen LogP contribution in [0.25, 0.3) is 0 Å². The fraction of sp³-hybridized carbons (Fsp3) is 0.333. The molecule has 0 atom stereocenters. The molecule has 5 nitrogen and oxygen atoms in total. The second kappa shape index (κ2) is 5.63. The van der Waals surface area contributed by atoms with Gasteiger partial charge in [-0.1, -0.05) is 6.07 Å². The fourth-order valence-corrected chi connectivity index (χ4v) is 3.06. The minimum absolute atomic E-state index is 0.0329. The Morgan fingerprint density at radius 1 is 1.33 bits per heavy atom. The van der Waals surface area contributed by atoms with E-state index in [-0.39, 0.29) is 23.0 Å². The molecule has 0 saturated carbocycles. The van der Waals surface area contributed by atoms with Gasteiger partial charge in [-0.25, -0.2) is 8.42 Å². The minimum Gasteiger partial charge on any atom is -0.207 e. The molecular weight excluding hydrogens is 250 g/mol. The van der Waals surface area contributed by atoms with Crippen LogP contribution >= 0.6 is 0 Å². The SMILES string of the molecule is CC(C)N(CC#N)S(=O)(=O)c1cccc(C#N)c1. The van der Waals surface area contributed by atoms with Crippen LogP contribution in [0.15, 0.2) is 29.2 Å². The molecule has 0 aliphatic rings. The maximum Gasteiger partial charge on any atom is 0.244 e. The Hall–Kier alpha value is -1.89. The number of hydrogen-bond donors (Lipinski definition) is 0. The van der Waals surface area contributed by atoms with Crippen molar-refractivity contribution in [2.24, 2.45) is 0 Å². The first-order valence-corrected chi connectivity index (χ1v) is 6.76. The van der Waals surface area contributed by atoms with Gasteiger partial charge in [0.15, 0.2) is 0 Å². The van der Waals surface area contributed by atoms with Crippen molar-refractivity contribution in [2.45, 2.75) is 24.8 Å². The van der Waals surface area contributed by atoms with E-state index in [0.29, 0.717) is 0 Å². The lowest BCUT2D eigenvalue weighted by Gasteiger charge is -2.23. The average molecular weight is 263 g/mol. The summed E-state index contributed by atoms with van der Waals surface area (Å²) in [6.07, 6.45) is 0. The van der Waals surface area contributed by atoms with Gasteiger partial charge in [0.25, 0.3) is 0 Å². The van der Waals surface area contributed by atoms with Gasteiger partial charge in [0.05, 0.1) is 22.6 Å². The Morgan fingerprint density at radius 3 is 2.50 bits per heavy atom. The topological polar surface area (TPSA) is 85.0 Å². The Bertz CT molecular complexity index is 609. The molecule has 0 unspecified atom stereocenters. The number of sulfonamides is 1. The summed E-state index contributed by atoms with van der Waals surface area (Å²) in [5, 5.41) is 17.5. The molecule has 18 heavy (non-hydrogen) atoms. The van der Waals surface area contributed by atoms with Crippen molar-refractivity contribution >= 4 is 10.0 Å². The Kier molecular flexibility index (Phi) is 4.43. The van der Waals surface area contributed by atoms with Crippen molar-refractivity contribution in [3.8, 4) is 12.1 Å². The molecule has 1 aromatic rings. The van der Waals surface area contributed by atoms with E-state index in [9.17, 15) is 8.42 Å². The maximum absolute atomic E-state index is 12.3. The van der Waals surface area contributed by atoms with Gasteiger partial charge in [-0.3, -0.25) is 0 Å². The van der Waals surface area contributed by atoms with Gasteiger partial charge in [-0.05, 0) is 32.0 Å². The molecular formula is C12H13N3O2S. The molecule has 6 heteroatoms. The van der Waals surface area contributed by atoms with Crippen molar-refractivity contribution < 1.29 is 8.42 Å². The first-order valence-electron chi connectivity index (χ1n) is 5.32. The standard InChI is InChI=1S/C12H13N3O2S/c1-10(2)15(7-6-13)18(16,17)12-5-3-4-11(8-12)9-14/h3-5,8,10H,7H2,1-2H3. The molecule has 0 spiro atoms. The van der Waals surface area contributed by atoms with Crippen LogP contribution in [0.4, 0.5) is 0 Å². The summed E-state index contributed by atoms with van der Waals surface area (Å²) >= 11 is 0. The quantitative estimate of drug-likeness (QED) is 0.770. The third kappa shape index (κ3) is 2.86. The monoisotopic (exact) mass is 263 g/mol. The van der Waals surface area contributed by atoms with Crippen LogP contribution in [-0.2, 0) is 10.0 Å². The van der Waals surface area contributed by atoms with Crippen LogP contribution in [0.3, 0.4) is 0 Å². The predicted molar refractivity (Wildman–Crippen MR) is 65.8 cm³/mol. The number of hydrogen-bond acceptors (Lipinski definition) is 4. The molecule has 0 radical (unpaired) electrons. The normalized spacial score (nSPS) is 11.2. The summed E-state index contributed by atoms with van der Waals surface area (Å²) < 4.78 is 25.7. The summed E-state index contributed by atoms with van der Waals surface area (Å²) in [6, 6.07) is 9.18. The van der Waals surface area contributed by atoms with E-state index in [1.807, 2.05) is 12.1 Å². The van der Waals surface area contributed by atoms with Gasteiger partial charge in [0.1, 0.15) is 6.54 Å². The van der Waals surface area contributed by atoms with Crippen LogP contribution in [-0.4, -0.2) is 25.3 Å². The lowest BCUT2D eigenvalue weighted by atomic mass is 10.2. The highest BCUT2D eigenvalue weighted by Gasteiger charge is 2.26. The van der Waals surface area contributed by atoms with Gasteiger partial charge >= 0.3 is 0 Å². The summed E-state index contributed by atoms with van der Waals surface area (Å²) in [4.78, 5) is 0.0329. The van der Waals surface area contributed by atoms with E-state index in [0.717, 1.165) is 4.31 Å². The van der Waals surface area contributed by atoms with Crippen LogP contribution in [0, 0.1) is 22.7 Å². The van der Waals surface area contributed by atoms with E-state index in [1.54, 1.807) is 13.8 Å². The Labute approximate surface area is 107 Å². The molecule has 0 saturated heterocycles. The predicted octanol–water partition coefficient (Wildman–Crippen LogP) is 1.48. The number of rotatable bonds is 4. The molecule has 0 aliphatic carbocycles. The van der Waals surface area contributed by atoms with E-state index in [4.69, 9.17) is 10.5 Å². The summed E-state index contributed by atoms with van der Waals surface area (Å²) in [7, 11) is -3.74. The first-order chi connectivity index (χ1) is 8.43. The van der Waals surface area contributed by atoms with Crippen molar-refractivity contribution in [1.29, 1.82) is 10.5 Å². The average Bonchev–Trinajstić information content (AvgIpc) is 2.35. The van der Waals surface area contributed by atoms with Crippen LogP contribution in [0.1, 0.15) is 19.4 Å². The molecule has 1 rings (SSSR count). The number of nitrogens with zero attached hydrogens (tertiary/aromatic N) is 3. The lowest BCUT2D eigenvalue weighted by molar-refractivity contribution is 0.385. The Balaban J connectivity index is 3.28. The van der Waals surface area contributed by atoms with Gasteiger partial charge in [-0.15, -0.1) is 0 Å². The zero-order valence-corrected chi connectivity index (χ0v) is 11.0. The molecule has 1 aromatic carbocycles. The summed E-state index contributed by atoms with van der Waals surface area (Å²) in [5.41, 5.74) is 0.275. The van der Waals surface area contributed by atoms with Gasteiger partial charge < -0.3 is 0 Å². The van der Waals surface area contributed by atoms with Crippen molar-refractivity contribution in [3.63, 3.8) is 0 Å². The number of benzene rings is 1. The summed E-state index contributed by atoms with van der Waals surface area (Å²) in [5.74, 6) is 0. The molecule has 0 heterocycles. The molecule has 0 bridgehead atoms. The molecule has 0 N–H and O–H groups in total. The van der Waals surface area contributed by atoms with Gasteiger partial charge in [0.2, 0.25) is 10.0 Å². The molecule has 0 aromatic heterocycles. The largest absolute Gasteiger partial charge is 0.244 e. The molecule has 0 amide bonds. The third-order valence-corrected chi connectivity index (χ3v) is 4.39. The highest BCUT2D eigenvalue weighted by Crippen LogP contribution is 2.18. The van der Waals surface area contributed by atoms with Crippen LogP contribution in [0.5, 0.6) is 0 Å². The maximum atomic E-state index is 12.3. The van der Waals surface area contributed by atoms with Gasteiger partial charge in [0, 0.05) is 6.04 Å². The number of nitriles is 2. The van der Waals surface area contributed by atoms with Crippen LogP contribution < -0.4 is 0 Å². The second-order valence-corrected chi connectivity index (χ2v) is 5.83.